The smallest absolute Gasteiger partial charge is 0.306 e. The quantitative estimate of drug-likeness (QED) is 0.0346. The van der Waals surface area contributed by atoms with Crippen LogP contribution in [0.3, 0.4) is 0 Å². The van der Waals surface area contributed by atoms with Gasteiger partial charge in [-0.05, 0) is 37.0 Å². The van der Waals surface area contributed by atoms with E-state index in [1.807, 2.05) is 0 Å². The Hall–Kier alpha value is -1.59. The second-order valence-corrected chi connectivity index (χ2v) is 18.8. The number of carbonyl (C=O) groups excluding carboxylic acids is 3. The molecule has 0 heterocycles. The fourth-order valence-electron chi connectivity index (χ4n) is 7.70. The summed E-state index contributed by atoms with van der Waals surface area (Å²) in [5.41, 5.74) is 0. The number of carbonyl (C=O) groups is 3. The highest BCUT2D eigenvalue weighted by atomic mass is 16.6. The third-order valence-corrected chi connectivity index (χ3v) is 12.4. The third kappa shape index (κ3) is 42.5. The molecule has 0 radical (unpaired) electrons. The van der Waals surface area contributed by atoms with Gasteiger partial charge in [-0.2, -0.15) is 0 Å². The van der Waals surface area contributed by atoms with Crippen molar-refractivity contribution in [3.8, 4) is 0 Å². The molecule has 2 unspecified atom stereocenters. The lowest BCUT2D eigenvalue weighted by molar-refractivity contribution is -0.167. The lowest BCUT2D eigenvalue weighted by Crippen LogP contribution is -2.30. The fraction of sp³-hybridized carbons (Fsp3) is 0.942. The van der Waals surface area contributed by atoms with E-state index in [-0.39, 0.29) is 31.1 Å². The first-order valence-electron chi connectivity index (χ1n) is 25.7. The minimum Gasteiger partial charge on any atom is -0.462 e. The van der Waals surface area contributed by atoms with Gasteiger partial charge in [0.05, 0.1) is 0 Å². The molecule has 0 aromatic carbocycles. The van der Waals surface area contributed by atoms with Crippen molar-refractivity contribution in [3.05, 3.63) is 0 Å². The van der Waals surface area contributed by atoms with Gasteiger partial charge in [0.1, 0.15) is 13.2 Å². The van der Waals surface area contributed by atoms with Gasteiger partial charge in [0, 0.05) is 19.3 Å². The average Bonchev–Trinajstić information content (AvgIpc) is 3.21. The summed E-state index contributed by atoms with van der Waals surface area (Å²) in [7, 11) is 0. The average molecular weight is 821 g/mol. The Labute approximate surface area is 361 Å². The van der Waals surface area contributed by atoms with Crippen LogP contribution in [0.4, 0.5) is 0 Å². The van der Waals surface area contributed by atoms with Crippen LogP contribution in [0.15, 0.2) is 0 Å². The zero-order valence-electron chi connectivity index (χ0n) is 39.8. The molecule has 0 rings (SSSR count). The fourth-order valence-corrected chi connectivity index (χ4v) is 7.70. The summed E-state index contributed by atoms with van der Waals surface area (Å²) < 4.78 is 16.8. The molecule has 344 valence electrons. The van der Waals surface area contributed by atoms with Gasteiger partial charge >= 0.3 is 17.9 Å². The standard InChI is InChI=1S/C52H100O6/c1-7-47(5)39-33-27-21-15-13-11-9-10-12-14-16-24-31-37-43-52(55)58-49(45-57-51(54)42-36-30-25-19-20-26-32-38-46(3)4)44-56-50(53)41-35-29-23-18-17-22-28-34-40-48(6)8-2/h46-49H,7-45H2,1-6H3/t47?,48?,49-/m0/s1. The molecule has 0 aliphatic carbocycles. The molecule has 0 aliphatic heterocycles. The van der Waals surface area contributed by atoms with Crippen LogP contribution in [-0.4, -0.2) is 37.2 Å². The van der Waals surface area contributed by atoms with Gasteiger partial charge in [-0.3, -0.25) is 14.4 Å². The van der Waals surface area contributed by atoms with E-state index in [1.54, 1.807) is 0 Å². The van der Waals surface area contributed by atoms with Crippen molar-refractivity contribution >= 4 is 17.9 Å². The summed E-state index contributed by atoms with van der Waals surface area (Å²) in [6.07, 6.45) is 42.3. The molecule has 58 heavy (non-hydrogen) atoms. The summed E-state index contributed by atoms with van der Waals surface area (Å²) in [5.74, 6) is 1.67. The molecule has 0 amide bonds. The Morgan fingerprint density at radius 3 is 0.897 bits per heavy atom. The van der Waals surface area contributed by atoms with Crippen LogP contribution in [0, 0.1) is 17.8 Å². The van der Waals surface area contributed by atoms with E-state index in [9.17, 15) is 14.4 Å². The van der Waals surface area contributed by atoms with E-state index < -0.39 is 6.10 Å². The molecule has 3 atom stereocenters. The van der Waals surface area contributed by atoms with Crippen molar-refractivity contribution in [2.45, 2.75) is 285 Å². The van der Waals surface area contributed by atoms with Crippen LogP contribution in [0.2, 0.25) is 0 Å². The van der Waals surface area contributed by atoms with Gasteiger partial charge in [0.25, 0.3) is 0 Å². The predicted molar refractivity (Wildman–Crippen MR) is 247 cm³/mol. The topological polar surface area (TPSA) is 78.9 Å². The molecule has 0 bridgehead atoms. The lowest BCUT2D eigenvalue weighted by atomic mass is 9.99. The van der Waals surface area contributed by atoms with Crippen molar-refractivity contribution in [2.24, 2.45) is 17.8 Å². The summed E-state index contributed by atoms with van der Waals surface area (Å²) >= 11 is 0. The predicted octanol–water partition coefficient (Wildman–Crippen LogP) is 16.4. The van der Waals surface area contributed by atoms with Gasteiger partial charge in [-0.25, -0.2) is 0 Å². The zero-order valence-corrected chi connectivity index (χ0v) is 39.8. The Morgan fingerprint density at radius 2 is 0.603 bits per heavy atom. The van der Waals surface area contributed by atoms with E-state index in [2.05, 4.69) is 41.5 Å². The first-order valence-corrected chi connectivity index (χ1v) is 25.7. The van der Waals surface area contributed by atoms with Crippen LogP contribution in [0.25, 0.3) is 0 Å². The third-order valence-electron chi connectivity index (χ3n) is 12.4. The van der Waals surface area contributed by atoms with Crippen molar-refractivity contribution in [1.82, 2.24) is 0 Å². The Bertz CT molecular complexity index is 902. The van der Waals surface area contributed by atoms with E-state index >= 15 is 0 Å². The number of esters is 3. The highest BCUT2D eigenvalue weighted by Crippen LogP contribution is 2.18. The molecule has 0 N–H and O–H groups in total. The van der Waals surface area contributed by atoms with Crippen molar-refractivity contribution < 1.29 is 28.6 Å². The highest BCUT2D eigenvalue weighted by Gasteiger charge is 2.19. The zero-order chi connectivity index (χ0) is 42.7. The molecule has 0 saturated heterocycles. The molecule has 0 aliphatic rings. The first kappa shape index (κ1) is 56.4. The molecule has 0 fully saturated rings. The van der Waals surface area contributed by atoms with Gasteiger partial charge in [0.2, 0.25) is 0 Å². The lowest BCUT2D eigenvalue weighted by Gasteiger charge is -2.18. The maximum absolute atomic E-state index is 12.8. The van der Waals surface area contributed by atoms with E-state index in [1.165, 1.54) is 161 Å². The minimum absolute atomic E-state index is 0.0658. The van der Waals surface area contributed by atoms with Crippen LogP contribution >= 0.6 is 0 Å². The largest absolute Gasteiger partial charge is 0.462 e. The molecular weight excluding hydrogens is 721 g/mol. The maximum atomic E-state index is 12.8. The molecule has 6 heteroatoms. The number of hydrogen-bond donors (Lipinski definition) is 0. The Kier molecular flexibility index (Phi) is 42.3. The van der Waals surface area contributed by atoms with E-state index in [4.69, 9.17) is 14.2 Å². The van der Waals surface area contributed by atoms with Crippen LogP contribution in [-0.2, 0) is 28.6 Å². The number of hydrogen-bond acceptors (Lipinski definition) is 6. The second-order valence-electron chi connectivity index (χ2n) is 18.8. The van der Waals surface area contributed by atoms with E-state index in [0.717, 1.165) is 75.5 Å². The normalized spacial score (nSPS) is 13.1. The van der Waals surface area contributed by atoms with Gasteiger partial charge < -0.3 is 14.2 Å². The van der Waals surface area contributed by atoms with Crippen molar-refractivity contribution in [1.29, 1.82) is 0 Å². The van der Waals surface area contributed by atoms with Gasteiger partial charge in [-0.15, -0.1) is 0 Å². The molecule has 6 nitrogen and oxygen atoms in total. The van der Waals surface area contributed by atoms with Gasteiger partial charge in [0.15, 0.2) is 6.10 Å². The molecular formula is C52H100O6. The van der Waals surface area contributed by atoms with Crippen molar-refractivity contribution in [2.75, 3.05) is 13.2 Å². The highest BCUT2D eigenvalue weighted by molar-refractivity contribution is 5.71. The summed E-state index contributed by atoms with van der Waals surface area (Å²) in [5, 5.41) is 0. The van der Waals surface area contributed by atoms with Crippen molar-refractivity contribution in [3.63, 3.8) is 0 Å². The Morgan fingerprint density at radius 1 is 0.345 bits per heavy atom. The van der Waals surface area contributed by atoms with E-state index in [0.29, 0.717) is 19.3 Å². The van der Waals surface area contributed by atoms with Crippen LogP contribution in [0.5, 0.6) is 0 Å². The first-order chi connectivity index (χ1) is 28.2. The summed E-state index contributed by atoms with van der Waals surface area (Å²) in [6.45, 7) is 13.7. The van der Waals surface area contributed by atoms with Crippen LogP contribution < -0.4 is 0 Å². The Balaban J connectivity index is 4.29. The molecule has 0 aromatic heterocycles. The number of ether oxygens (including phenoxy) is 3. The summed E-state index contributed by atoms with van der Waals surface area (Å²) in [4.78, 5) is 37.9. The molecule has 0 saturated carbocycles. The maximum Gasteiger partial charge on any atom is 0.306 e. The van der Waals surface area contributed by atoms with Crippen LogP contribution in [0.1, 0.15) is 279 Å². The minimum atomic E-state index is -0.763. The number of unbranched alkanes of at least 4 members (excludes halogenated alkanes) is 26. The summed E-state index contributed by atoms with van der Waals surface area (Å²) in [6, 6.07) is 0. The molecule has 0 spiro atoms. The second kappa shape index (κ2) is 43.5. The number of rotatable bonds is 45. The SMILES string of the molecule is CCC(C)CCCCCCCCCCCCCCCCC(=O)O[C@@H](COC(=O)CCCCCCCCCCC(C)CC)COC(=O)CCCCCCCCCC(C)C. The monoisotopic (exact) mass is 821 g/mol. The molecule has 0 aromatic rings. The van der Waals surface area contributed by atoms with Gasteiger partial charge in [-0.1, -0.05) is 241 Å².